The van der Waals surface area contributed by atoms with Crippen molar-refractivity contribution in [3.05, 3.63) is 53.6 Å². The molecule has 0 aliphatic heterocycles. The molecule has 15 heavy (non-hydrogen) atoms. The molecule has 0 N–H and O–H groups in total. The van der Waals surface area contributed by atoms with Crippen LogP contribution in [0, 0.1) is 0 Å². The molecule has 0 saturated carbocycles. The summed E-state index contributed by atoms with van der Waals surface area (Å²) in [4.78, 5) is 0.981. The van der Waals surface area contributed by atoms with Crippen LogP contribution in [0.3, 0.4) is 0 Å². The number of hydrogen-bond donors (Lipinski definition) is 1. The number of hydrogen-bond acceptors (Lipinski definition) is 1. The molecule has 2 aromatic carbocycles. The Morgan fingerprint density at radius 1 is 0.933 bits per heavy atom. The molecular weight excluding hydrogens is 235 g/mol. The summed E-state index contributed by atoms with van der Waals surface area (Å²) in [5.74, 6) is 0. The van der Waals surface area contributed by atoms with Crippen LogP contribution in [-0.4, -0.2) is 0 Å². The van der Waals surface area contributed by atoms with E-state index in [9.17, 15) is 0 Å². The fourth-order valence-electron chi connectivity index (χ4n) is 1.35. The molecule has 0 amide bonds. The summed E-state index contributed by atoms with van der Waals surface area (Å²) in [6.45, 7) is 0. The normalized spacial score (nSPS) is 9.47. The van der Waals surface area contributed by atoms with Gasteiger partial charge in [0.15, 0.2) is 0 Å². The van der Waals surface area contributed by atoms with Crippen LogP contribution in [0.2, 0.25) is 5.02 Å². The van der Waals surface area contributed by atoms with E-state index in [1.54, 1.807) is 0 Å². The van der Waals surface area contributed by atoms with Crippen LogP contribution < -0.4 is 29.6 Å². The maximum Gasteiger partial charge on any atom is 1.00 e. The van der Waals surface area contributed by atoms with Gasteiger partial charge < -0.3 is 1.43 Å². The quantitative estimate of drug-likeness (QED) is 0.569. The van der Waals surface area contributed by atoms with Crippen molar-refractivity contribution in [1.29, 1.82) is 0 Å². The average Bonchev–Trinajstić information content (AvgIpc) is 2.20. The maximum atomic E-state index is 5.82. The molecule has 0 fully saturated rings. The Balaban J connectivity index is 0.00000112. The van der Waals surface area contributed by atoms with E-state index in [0.717, 1.165) is 21.0 Å². The van der Waals surface area contributed by atoms with E-state index < -0.39 is 0 Å². The van der Waals surface area contributed by atoms with Gasteiger partial charge >= 0.3 is 29.6 Å². The van der Waals surface area contributed by atoms with E-state index in [2.05, 4.69) is 12.6 Å². The van der Waals surface area contributed by atoms with Gasteiger partial charge in [-0.2, -0.15) is 0 Å². The number of benzene rings is 2. The number of rotatable bonds is 1. The number of thiol groups is 1. The zero-order valence-electron chi connectivity index (χ0n) is 9.44. The largest absolute Gasteiger partial charge is 1.00 e. The minimum atomic E-state index is 0. The second-order valence-electron chi connectivity index (χ2n) is 3.02. The third-order valence-electron chi connectivity index (χ3n) is 2.06. The maximum absolute atomic E-state index is 5.82. The SMILES string of the molecule is Sc1ccccc1-c1ccc(Cl)cc1.[H-].[Na+]. The van der Waals surface area contributed by atoms with E-state index in [1.807, 2.05) is 48.5 Å². The zero-order valence-corrected chi connectivity index (χ0v) is 12.1. The topological polar surface area (TPSA) is 0 Å². The summed E-state index contributed by atoms with van der Waals surface area (Å²) < 4.78 is 0. The Kier molecular flexibility index (Phi) is 5.24. The van der Waals surface area contributed by atoms with Crippen LogP contribution in [0.4, 0.5) is 0 Å². The number of halogens is 1. The molecule has 72 valence electrons. The summed E-state index contributed by atoms with van der Waals surface area (Å²) in [6, 6.07) is 15.8. The Morgan fingerprint density at radius 3 is 2.13 bits per heavy atom. The van der Waals surface area contributed by atoms with E-state index in [4.69, 9.17) is 11.6 Å². The van der Waals surface area contributed by atoms with Crippen LogP contribution >= 0.6 is 24.2 Å². The molecule has 0 aromatic heterocycles. The van der Waals surface area contributed by atoms with Crippen molar-refractivity contribution in [2.45, 2.75) is 4.90 Å². The molecule has 0 aliphatic rings. The Hall–Kier alpha value is 0.0800. The summed E-state index contributed by atoms with van der Waals surface area (Å²) in [7, 11) is 0. The van der Waals surface area contributed by atoms with Crippen molar-refractivity contribution in [2.75, 3.05) is 0 Å². The van der Waals surface area contributed by atoms with Gasteiger partial charge in [0.1, 0.15) is 0 Å². The van der Waals surface area contributed by atoms with Gasteiger partial charge in [-0.1, -0.05) is 41.9 Å². The van der Waals surface area contributed by atoms with Crippen molar-refractivity contribution < 1.29 is 31.0 Å². The summed E-state index contributed by atoms with van der Waals surface area (Å²) in [5, 5.41) is 0.755. The van der Waals surface area contributed by atoms with Crippen LogP contribution in [0.5, 0.6) is 0 Å². The van der Waals surface area contributed by atoms with Gasteiger partial charge in [0.25, 0.3) is 0 Å². The van der Waals surface area contributed by atoms with E-state index in [-0.39, 0.29) is 31.0 Å². The summed E-state index contributed by atoms with van der Waals surface area (Å²) >= 11 is 10.2. The van der Waals surface area contributed by atoms with Gasteiger partial charge in [0.05, 0.1) is 0 Å². The van der Waals surface area contributed by atoms with Crippen molar-refractivity contribution in [2.24, 2.45) is 0 Å². The Bertz CT molecular complexity index is 445. The second kappa shape index (κ2) is 5.97. The molecule has 3 heteroatoms. The molecule has 0 radical (unpaired) electrons. The first kappa shape index (κ1) is 13.1. The second-order valence-corrected chi connectivity index (χ2v) is 3.94. The molecule has 0 unspecified atom stereocenters. The van der Waals surface area contributed by atoms with E-state index in [0.29, 0.717) is 0 Å². The van der Waals surface area contributed by atoms with Crippen LogP contribution in [0.1, 0.15) is 1.43 Å². The molecule has 0 spiro atoms. The molecule has 0 nitrogen and oxygen atoms in total. The Labute approximate surface area is 124 Å². The summed E-state index contributed by atoms with van der Waals surface area (Å²) in [5.41, 5.74) is 2.27. The summed E-state index contributed by atoms with van der Waals surface area (Å²) in [6.07, 6.45) is 0. The van der Waals surface area contributed by atoms with Gasteiger partial charge in [-0.3, -0.25) is 0 Å². The van der Waals surface area contributed by atoms with Gasteiger partial charge in [-0.05, 0) is 29.3 Å². The predicted molar refractivity (Wildman–Crippen MR) is 65.3 cm³/mol. The molecule has 2 aromatic rings. The van der Waals surface area contributed by atoms with Crippen molar-refractivity contribution >= 4 is 24.2 Å². The molecule has 0 aliphatic carbocycles. The molecule has 0 atom stereocenters. The minimum absolute atomic E-state index is 0. The zero-order chi connectivity index (χ0) is 9.97. The van der Waals surface area contributed by atoms with E-state index in [1.165, 1.54) is 0 Å². The fraction of sp³-hybridized carbons (Fsp3) is 0. The van der Waals surface area contributed by atoms with Crippen molar-refractivity contribution in [3.63, 3.8) is 0 Å². The molecule has 0 heterocycles. The van der Waals surface area contributed by atoms with Gasteiger partial charge in [-0.25, -0.2) is 0 Å². The van der Waals surface area contributed by atoms with E-state index >= 15 is 0 Å². The first-order valence-corrected chi connectivity index (χ1v) is 5.14. The van der Waals surface area contributed by atoms with Crippen LogP contribution in [0.15, 0.2) is 53.4 Å². The first-order valence-electron chi connectivity index (χ1n) is 4.31. The van der Waals surface area contributed by atoms with Crippen molar-refractivity contribution in [1.82, 2.24) is 0 Å². The Morgan fingerprint density at radius 2 is 1.53 bits per heavy atom. The average molecular weight is 245 g/mol. The van der Waals surface area contributed by atoms with Crippen LogP contribution in [0.25, 0.3) is 11.1 Å². The monoisotopic (exact) mass is 244 g/mol. The van der Waals surface area contributed by atoms with Gasteiger partial charge in [-0.15, -0.1) is 12.6 Å². The fourth-order valence-corrected chi connectivity index (χ4v) is 1.76. The standard InChI is InChI=1S/C12H9ClS.Na.H/c13-10-7-5-9(6-8-10)11-3-1-2-4-12(11)14;;/h1-8,14H;;/q;+1;-1. The molecular formula is C12H10ClNaS. The van der Waals surface area contributed by atoms with Gasteiger partial charge in [0, 0.05) is 9.92 Å². The predicted octanol–water partition coefficient (Wildman–Crippen LogP) is 1.41. The third kappa shape index (κ3) is 3.27. The minimum Gasteiger partial charge on any atom is -1.00 e. The van der Waals surface area contributed by atoms with Crippen molar-refractivity contribution in [3.8, 4) is 11.1 Å². The molecule has 0 saturated heterocycles. The third-order valence-corrected chi connectivity index (χ3v) is 2.70. The smallest absolute Gasteiger partial charge is 1.00 e. The molecule has 2 rings (SSSR count). The molecule has 0 bridgehead atoms. The first-order chi connectivity index (χ1) is 6.77. The van der Waals surface area contributed by atoms with Crippen LogP contribution in [-0.2, 0) is 0 Å². The van der Waals surface area contributed by atoms with Gasteiger partial charge in [0.2, 0.25) is 0 Å².